The fourth-order valence-electron chi connectivity index (χ4n) is 2.69. The molecule has 2 atom stereocenters. The minimum Gasteiger partial charge on any atom is -0.493 e. The second kappa shape index (κ2) is 6.06. The van der Waals surface area contributed by atoms with Crippen LogP contribution in [0.1, 0.15) is 36.0 Å². The van der Waals surface area contributed by atoms with Crippen molar-refractivity contribution >= 4 is 5.78 Å². The van der Waals surface area contributed by atoms with Gasteiger partial charge in [0.15, 0.2) is 17.3 Å². The van der Waals surface area contributed by atoms with E-state index in [2.05, 4.69) is 0 Å². The van der Waals surface area contributed by atoms with Gasteiger partial charge in [-0.05, 0) is 37.5 Å². The van der Waals surface area contributed by atoms with E-state index in [1.165, 1.54) is 0 Å². The molecule has 2 unspecified atom stereocenters. The summed E-state index contributed by atoms with van der Waals surface area (Å²) in [4.78, 5) is 12.5. The van der Waals surface area contributed by atoms with Gasteiger partial charge in [0.05, 0.1) is 14.2 Å². The Kier molecular flexibility index (Phi) is 4.43. The maximum absolute atomic E-state index is 12.5. The van der Waals surface area contributed by atoms with Crippen molar-refractivity contribution < 1.29 is 14.3 Å². The second-order valence-corrected chi connectivity index (χ2v) is 5.06. The van der Waals surface area contributed by atoms with Crippen LogP contribution in [-0.2, 0) is 0 Å². The summed E-state index contributed by atoms with van der Waals surface area (Å²) in [6, 6.07) is 5.47. The molecule has 0 aromatic heterocycles. The first-order valence-electron chi connectivity index (χ1n) is 6.67. The zero-order chi connectivity index (χ0) is 13.8. The normalized spacial score (nSPS) is 22.9. The largest absolute Gasteiger partial charge is 0.493 e. The number of carbonyl (C=O) groups is 1. The number of hydrogen-bond acceptors (Lipinski definition) is 4. The van der Waals surface area contributed by atoms with Crippen molar-refractivity contribution in [1.82, 2.24) is 0 Å². The lowest BCUT2D eigenvalue weighted by molar-refractivity contribution is 0.0881. The predicted molar refractivity (Wildman–Crippen MR) is 73.8 cm³/mol. The van der Waals surface area contributed by atoms with Gasteiger partial charge in [-0.1, -0.05) is 6.42 Å². The summed E-state index contributed by atoms with van der Waals surface area (Å²) in [6.45, 7) is 0. The van der Waals surface area contributed by atoms with Crippen LogP contribution in [0.15, 0.2) is 18.2 Å². The van der Waals surface area contributed by atoms with Gasteiger partial charge in [-0.3, -0.25) is 4.79 Å². The molecule has 4 heteroatoms. The summed E-state index contributed by atoms with van der Waals surface area (Å²) in [6.07, 6.45) is 3.77. The molecule has 0 saturated heterocycles. The van der Waals surface area contributed by atoms with E-state index in [4.69, 9.17) is 15.2 Å². The van der Waals surface area contributed by atoms with Crippen molar-refractivity contribution in [2.24, 2.45) is 11.7 Å². The summed E-state index contributed by atoms with van der Waals surface area (Å²) in [7, 11) is 3.15. The molecule has 19 heavy (non-hydrogen) atoms. The molecule has 1 aliphatic rings. The molecule has 4 nitrogen and oxygen atoms in total. The topological polar surface area (TPSA) is 61.5 Å². The fraction of sp³-hybridized carbons (Fsp3) is 0.533. The third-order valence-electron chi connectivity index (χ3n) is 3.75. The Morgan fingerprint density at radius 3 is 2.58 bits per heavy atom. The van der Waals surface area contributed by atoms with Crippen molar-refractivity contribution in [1.29, 1.82) is 0 Å². The highest BCUT2D eigenvalue weighted by Crippen LogP contribution is 2.31. The third-order valence-corrected chi connectivity index (χ3v) is 3.75. The molecule has 0 heterocycles. The number of nitrogens with two attached hydrogens (primary N) is 1. The smallest absolute Gasteiger partial charge is 0.166 e. The Balaban J connectivity index is 2.19. The van der Waals surface area contributed by atoms with Gasteiger partial charge in [-0.25, -0.2) is 0 Å². The lowest BCUT2D eigenvalue weighted by atomic mass is 9.81. The van der Waals surface area contributed by atoms with Crippen LogP contribution in [0.4, 0.5) is 0 Å². The highest BCUT2D eigenvalue weighted by Gasteiger charge is 2.26. The number of ketones is 1. The van der Waals surface area contributed by atoms with Crippen LogP contribution in [-0.4, -0.2) is 26.0 Å². The van der Waals surface area contributed by atoms with Crippen molar-refractivity contribution in [3.63, 3.8) is 0 Å². The number of methoxy groups -OCH3 is 2. The molecule has 1 aromatic carbocycles. The van der Waals surface area contributed by atoms with Crippen LogP contribution in [0.5, 0.6) is 11.5 Å². The summed E-state index contributed by atoms with van der Waals surface area (Å²) < 4.78 is 10.4. The van der Waals surface area contributed by atoms with E-state index in [1.807, 2.05) is 0 Å². The first kappa shape index (κ1) is 13.9. The highest BCUT2D eigenvalue weighted by molar-refractivity contribution is 5.98. The predicted octanol–water partition coefficient (Wildman–Crippen LogP) is 2.40. The zero-order valence-corrected chi connectivity index (χ0v) is 11.5. The number of rotatable bonds is 4. The number of carbonyl (C=O) groups excluding carboxylic acids is 1. The maximum Gasteiger partial charge on any atom is 0.166 e. The van der Waals surface area contributed by atoms with E-state index < -0.39 is 0 Å². The van der Waals surface area contributed by atoms with E-state index in [1.54, 1.807) is 32.4 Å². The molecule has 0 amide bonds. The lowest BCUT2D eigenvalue weighted by Crippen LogP contribution is -2.31. The molecule has 2 N–H and O–H groups in total. The van der Waals surface area contributed by atoms with Crippen LogP contribution >= 0.6 is 0 Å². The van der Waals surface area contributed by atoms with Crippen molar-refractivity contribution in [3.05, 3.63) is 23.8 Å². The molecule has 2 rings (SSSR count). The number of hydrogen-bond donors (Lipinski definition) is 1. The maximum atomic E-state index is 12.5. The molecule has 1 aromatic rings. The summed E-state index contributed by atoms with van der Waals surface area (Å²) in [5, 5.41) is 0. The van der Waals surface area contributed by atoms with Gasteiger partial charge in [0.1, 0.15) is 0 Å². The van der Waals surface area contributed by atoms with E-state index in [-0.39, 0.29) is 17.7 Å². The molecule has 1 fully saturated rings. The highest BCUT2D eigenvalue weighted by atomic mass is 16.5. The van der Waals surface area contributed by atoms with Gasteiger partial charge < -0.3 is 15.2 Å². The van der Waals surface area contributed by atoms with E-state index >= 15 is 0 Å². The molecule has 0 radical (unpaired) electrons. The Bertz CT molecular complexity index is 459. The monoisotopic (exact) mass is 263 g/mol. The Hall–Kier alpha value is -1.55. The standard InChI is InChI=1S/C15H21NO3/c1-18-13-7-6-11(9-14(13)19-2)15(17)10-4-3-5-12(16)8-10/h6-7,9-10,12H,3-5,8,16H2,1-2H3. The zero-order valence-electron chi connectivity index (χ0n) is 11.5. The Morgan fingerprint density at radius 2 is 1.95 bits per heavy atom. The van der Waals surface area contributed by atoms with Crippen molar-refractivity contribution in [2.75, 3.05) is 14.2 Å². The fourth-order valence-corrected chi connectivity index (χ4v) is 2.69. The van der Waals surface area contributed by atoms with Gasteiger partial charge in [0.25, 0.3) is 0 Å². The minimum absolute atomic E-state index is 0.0434. The average molecular weight is 263 g/mol. The number of ether oxygens (including phenoxy) is 2. The van der Waals surface area contributed by atoms with Gasteiger partial charge >= 0.3 is 0 Å². The minimum atomic E-state index is 0.0434. The van der Waals surface area contributed by atoms with Crippen LogP contribution in [0.25, 0.3) is 0 Å². The Morgan fingerprint density at radius 1 is 1.21 bits per heavy atom. The van der Waals surface area contributed by atoms with E-state index in [9.17, 15) is 4.79 Å². The van der Waals surface area contributed by atoms with E-state index in [0.717, 1.165) is 25.7 Å². The first-order valence-corrected chi connectivity index (χ1v) is 6.67. The summed E-state index contributed by atoms with van der Waals surface area (Å²) >= 11 is 0. The van der Waals surface area contributed by atoms with Gasteiger partial charge in [0.2, 0.25) is 0 Å². The van der Waals surface area contributed by atoms with Crippen LogP contribution in [0.3, 0.4) is 0 Å². The van der Waals surface area contributed by atoms with Crippen molar-refractivity contribution in [2.45, 2.75) is 31.7 Å². The van der Waals surface area contributed by atoms with Gasteiger partial charge in [-0.15, -0.1) is 0 Å². The molecule has 1 saturated carbocycles. The van der Waals surface area contributed by atoms with Crippen LogP contribution in [0.2, 0.25) is 0 Å². The quantitative estimate of drug-likeness (QED) is 0.847. The molecule has 0 spiro atoms. The molecular formula is C15H21NO3. The van der Waals surface area contributed by atoms with E-state index in [0.29, 0.717) is 17.1 Å². The SMILES string of the molecule is COc1ccc(C(=O)C2CCCC(N)C2)cc1OC. The number of Topliss-reactive ketones (excluding diaryl/α,β-unsaturated/α-hetero) is 1. The molecule has 0 aliphatic heterocycles. The third kappa shape index (κ3) is 3.07. The number of benzene rings is 1. The Labute approximate surface area is 113 Å². The average Bonchev–Trinajstić information content (AvgIpc) is 2.45. The summed E-state index contributed by atoms with van der Waals surface area (Å²) in [5.74, 6) is 1.44. The van der Waals surface area contributed by atoms with Gasteiger partial charge in [-0.2, -0.15) is 0 Å². The first-order chi connectivity index (χ1) is 9.15. The second-order valence-electron chi connectivity index (χ2n) is 5.06. The van der Waals surface area contributed by atoms with Gasteiger partial charge in [0, 0.05) is 17.5 Å². The summed E-state index contributed by atoms with van der Waals surface area (Å²) in [5.41, 5.74) is 6.62. The van der Waals surface area contributed by atoms with Crippen LogP contribution in [0, 0.1) is 5.92 Å². The van der Waals surface area contributed by atoms with Crippen LogP contribution < -0.4 is 15.2 Å². The van der Waals surface area contributed by atoms with Crippen molar-refractivity contribution in [3.8, 4) is 11.5 Å². The lowest BCUT2D eigenvalue weighted by Gasteiger charge is -2.25. The molecular weight excluding hydrogens is 242 g/mol. The molecule has 0 bridgehead atoms. The molecule has 1 aliphatic carbocycles. The molecule has 104 valence electrons.